The van der Waals surface area contributed by atoms with Crippen LogP contribution in [0.15, 0.2) is 5.16 Å². The first-order valence-corrected chi connectivity index (χ1v) is 7.73. The predicted octanol–water partition coefficient (Wildman–Crippen LogP) is 1.13. The third kappa shape index (κ3) is 2.28. The highest BCUT2D eigenvalue weighted by molar-refractivity contribution is 7.98. The predicted molar refractivity (Wildman–Crippen MR) is 74.8 cm³/mol. The van der Waals surface area contributed by atoms with Crippen LogP contribution in [0.1, 0.15) is 24.1 Å². The van der Waals surface area contributed by atoms with Crippen LogP contribution in [0.25, 0.3) is 5.78 Å². The molecule has 1 aliphatic carbocycles. The quantitative estimate of drug-likeness (QED) is 0.817. The van der Waals surface area contributed by atoms with Gasteiger partial charge in [0.05, 0.1) is 12.3 Å². The Morgan fingerprint density at radius 3 is 2.95 bits per heavy atom. The Labute approximate surface area is 115 Å². The molecule has 0 saturated heterocycles. The Kier molecular flexibility index (Phi) is 3.56. The topological polar surface area (TPSA) is 75.3 Å². The number of hydrogen-bond donors (Lipinski definition) is 2. The van der Waals surface area contributed by atoms with Crippen molar-refractivity contribution in [3.63, 3.8) is 0 Å². The minimum Gasteiger partial charge on any atom is -0.395 e. The van der Waals surface area contributed by atoms with Crippen molar-refractivity contribution in [2.24, 2.45) is 0 Å². The minimum absolute atomic E-state index is 0.0999. The van der Waals surface area contributed by atoms with Gasteiger partial charge < -0.3 is 10.4 Å². The van der Waals surface area contributed by atoms with Crippen molar-refractivity contribution in [2.45, 2.75) is 30.8 Å². The van der Waals surface area contributed by atoms with Gasteiger partial charge >= 0.3 is 0 Å². The fourth-order valence-corrected chi connectivity index (χ4v) is 2.80. The van der Waals surface area contributed by atoms with Crippen molar-refractivity contribution >= 4 is 23.4 Å². The number of aryl methyl sites for hydroxylation is 1. The molecule has 0 amide bonds. The summed E-state index contributed by atoms with van der Waals surface area (Å²) in [5.41, 5.74) is 2.35. The van der Waals surface area contributed by atoms with E-state index in [2.05, 4.69) is 20.4 Å². The lowest BCUT2D eigenvalue weighted by atomic mass is 9.96. The number of nitrogens with zero attached hydrogens (tertiary/aromatic N) is 4. The van der Waals surface area contributed by atoms with Crippen LogP contribution in [0, 0.1) is 0 Å². The fourth-order valence-electron chi connectivity index (χ4n) is 2.47. The van der Waals surface area contributed by atoms with E-state index in [0.717, 1.165) is 29.5 Å². The van der Waals surface area contributed by atoms with E-state index in [-0.39, 0.29) is 6.61 Å². The maximum Gasteiger partial charge on any atom is 0.255 e. The standard InChI is InChI=1S/C12H17N5OS/c1-19-12-15-11-14-9-5-3-2-4-8(9)10(13-6-7-18)17(11)16-12/h13,18H,2-7H2,1H3. The van der Waals surface area contributed by atoms with Crippen molar-refractivity contribution < 1.29 is 5.11 Å². The van der Waals surface area contributed by atoms with E-state index in [4.69, 9.17) is 5.11 Å². The van der Waals surface area contributed by atoms with Crippen LogP contribution in [0.5, 0.6) is 0 Å². The molecule has 0 saturated carbocycles. The number of anilines is 1. The van der Waals surface area contributed by atoms with Gasteiger partial charge in [-0.05, 0) is 31.9 Å². The van der Waals surface area contributed by atoms with Crippen molar-refractivity contribution in [3.8, 4) is 0 Å². The van der Waals surface area contributed by atoms with Gasteiger partial charge in [0.25, 0.3) is 5.78 Å². The summed E-state index contributed by atoms with van der Waals surface area (Å²) < 4.78 is 1.77. The summed E-state index contributed by atoms with van der Waals surface area (Å²) in [6, 6.07) is 0. The molecule has 0 bridgehead atoms. The highest BCUT2D eigenvalue weighted by Crippen LogP contribution is 2.27. The molecule has 0 aromatic carbocycles. The highest BCUT2D eigenvalue weighted by Gasteiger charge is 2.20. The summed E-state index contributed by atoms with van der Waals surface area (Å²) >= 11 is 1.51. The second-order valence-electron chi connectivity index (χ2n) is 4.55. The first-order valence-electron chi connectivity index (χ1n) is 6.50. The average molecular weight is 279 g/mol. The Morgan fingerprint density at radius 1 is 1.32 bits per heavy atom. The van der Waals surface area contributed by atoms with Gasteiger partial charge in [0.2, 0.25) is 5.16 Å². The molecule has 0 spiro atoms. The van der Waals surface area contributed by atoms with Crippen molar-refractivity contribution in [2.75, 3.05) is 24.7 Å². The zero-order valence-electron chi connectivity index (χ0n) is 10.9. The molecule has 0 aliphatic heterocycles. The van der Waals surface area contributed by atoms with Crippen LogP contribution in [-0.2, 0) is 12.8 Å². The summed E-state index contributed by atoms with van der Waals surface area (Å²) in [5, 5.41) is 17.5. The largest absolute Gasteiger partial charge is 0.395 e. The van der Waals surface area contributed by atoms with E-state index < -0.39 is 0 Å². The van der Waals surface area contributed by atoms with Gasteiger partial charge in [0.1, 0.15) is 5.82 Å². The highest BCUT2D eigenvalue weighted by atomic mass is 32.2. The van der Waals surface area contributed by atoms with Gasteiger partial charge in [0, 0.05) is 12.1 Å². The van der Waals surface area contributed by atoms with Crippen molar-refractivity contribution in [1.82, 2.24) is 19.6 Å². The van der Waals surface area contributed by atoms with E-state index in [1.54, 1.807) is 4.52 Å². The van der Waals surface area contributed by atoms with Crippen LogP contribution in [0.4, 0.5) is 5.82 Å². The number of hydrogen-bond acceptors (Lipinski definition) is 6. The van der Waals surface area contributed by atoms with E-state index in [9.17, 15) is 0 Å². The molecule has 2 N–H and O–H groups in total. The molecule has 2 heterocycles. The molecule has 6 nitrogen and oxygen atoms in total. The summed E-state index contributed by atoms with van der Waals surface area (Å²) in [7, 11) is 0. The summed E-state index contributed by atoms with van der Waals surface area (Å²) in [4.78, 5) is 9.04. The molecule has 102 valence electrons. The lowest BCUT2D eigenvalue weighted by Gasteiger charge is -2.19. The first-order chi connectivity index (χ1) is 9.33. The summed E-state index contributed by atoms with van der Waals surface area (Å²) in [6.45, 7) is 0.614. The van der Waals surface area contributed by atoms with Gasteiger partial charge in [-0.2, -0.15) is 9.50 Å². The molecule has 2 aromatic rings. The van der Waals surface area contributed by atoms with Crippen LogP contribution >= 0.6 is 11.8 Å². The average Bonchev–Trinajstić information content (AvgIpc) is 2.86. The molecule has 0 unspecified atom stereocenters. The zero-order chi connectivity index (χ0) is 13.2. The van der Waals surface area contributed by atoms with Crippen LogP contribution < -0.4 is 5.32 Å². The molecule has 7 heteroatoms. The van der Waals surface area contributed by atoms with E-state index >= 15 is 0 Å². The lowest BCUT2D eigenvalue weighted by Crippen LogP contribution is -2.17. The monoisotopic (exact) mass is 279 g/mol. The van der Waals surface area contributed by atoms with Crippen molar-refractivity contribution in [1.29, 1.82) is 0 Å². The molecule has 3 rings (SSSR count). The fraction of sp³-hybridized carbons (Fsp3) is 0.583. The number of thioether (sulfide) groups is 1. The summed E-state index contributed by atoms with van der Waals surface area (Å²) in [5.74, 6) is 1.59. The first kappa shape index (κ1) is 12.7. The molecule has 2 aromatic heterocycles. The molecule has 0 atom stereocenters. The van der Waals surface area contributed by atoms with Gasteiger partial charge in [-0.3, -0.25) is 0 Å². The number of fused-ring (bicyclic) bond motifs is 2. The summed E-state index contributed by atoms with van der Waals surface area (Å²) in [6.07, 6.45) is 6.33. The minimum atomic E-state index is 0.0999. The van der Waals surface area contributed by atoms with Gasteiger partial charge in [-0.1, -0.05) is 11.8 Å². The Morgan fingerprint density at radius 2 is 2.16 bits per heavy atom. The normalized spacial score (nSPS) is 14.6. The Bertz CT molecular complexity index is 597. The van der Waals surface area contributed by atoms with Crippen LogP contribution in [0.2, 0.25) is 0 Å². The van der Waals surface area contributed by atoms with E-state index in [1.807, 2.05) is 6.26 Å². The van der Waals surface area contributed by atoms with Gasteiger partial charge in [-0.15, -0.1) is 5.10 Å². The molecule has 0 fully saturated rings. The molecular formula is C12H17N5OS. The van der Waals surface area contributed by atoms with Gasteiger partial charge in [-0.25, -0.2) is 4.98 Å². The maximum atomic E-state index is 9.03. The Hall–Kier alpha value is -1.34. The Balaban J connectivity index is 2.16. The molecule has 0 radical (unpaired) electrons. The third-order valence-electron chi connectivity index (χ3n) is 3.33. The van der Waals surface area contributed by atoms with Crippen LogP contribution in [0.3, 0.4) is 0 Å². The number of aromatic nitrogens is 4. The lowest BCUT2D eigenvalue weighted by molar-refractivity contribution is 0.311. The number of nitrogens with one attached hydrogen (secondary N) is 1. The van der Waals surface area contributed by atoms with E-state index in [0.29, 0.717) is 12.3 Å². The third-order valence-corrected chi connectivity index (χ3v) is 3.87. The van der Waals surface area contributed by atoms with Crippen molar-refractivity contribution in [3.05, 3.63) is 11.3 Å². The molecule has 1 aliphatic rings. The number of aliphatic hydroxyl groups is 1. The van der Waals surface area contributed by atoms with Gasteiger partial charge in [0.15, 0.2) is 0 Å². The SMILES string of the molecule is CSc1nc2nc3c(c(NCCO)n2n1)CCCC3. The van der Waals surface area contributed by atoms with Crippen LogP contribution in [-0.4, -0.2) is 44.1 Å². The number of aliphatic hydroxyl groups excluding tert-OH is 1. The maximum absolute atomic E-state index is 9.03. The number of rotatable bonds is 4. The smallest absolute Gasteiger partial charge is 0.255 e. The van der Waals surface area contributed by atoms with E-state index in [1.165, 1.54) is 30.2 Å². The zero-order valence-corrected chi connectivity index (χ0v) is 11.7. The second-order valence-corrected chi connectivity index (χ2v) is 5.33. The molecular weight excluding hydrogens is 262 g/mol. The molecule has 19 heavy (non-hydrogen) atoms. The second kappa shape index (κ2) is 5.34.